The number of carbonyl (C=O) groups excluding carboxylic acids is 2. The summed E-state index contributed by atoms with van der Waals surface area (Å²) >= 11 is 1.20. The fourth-order valence-electron chi connectivity index (χ4n) is 4.54. The summed E-state index contributed by atoms with van der Waals surface area (Å²) in [6.45, 7) is 10.4. The molecule has 1 aliphatic heterocycles. The molecule has 0 bridgehead atoms. The third kappa shape index (κ3) is 6.28. The zero-order chi connectivity index (χ0) is 29.3. The molecule has 12 nitrogen and oxygen atoms in total. The van der Waals surface area contributed by atoms with E-state index in [1.54, 1.807) is 42.4 Å². The molecular formula is C28H31N9O3S. The van der Waals surface area contributed by atoms with Gasteiger partial charge in [0.15, 0.2) is 5.01 Å². The van der Waals surface area contributed by atoms with Gasteiger partial charge in [-0.3, -0.25) is 9.78 Å². The first-order valence-electron chi connectivity index (χ1n) is 13.3. The van der Waals surface area contributed by atoms with E-state index in [1.165, 1.54) is 17.5 Å². The Bertz CT molecular complexity index is 1650. The molecule has 0 aromatic carbocycles. The quantitative estimate of drug-likeness (QED) is 0.343. The summed E-state index contributed by atoms with van der Waals surface area (Å²) in [6, 6.07) is 9.54. The van der Waals surface area contributed by atoms with Crippen LogP contribution in [-0.4, -0.2) is 72.5 Å². The van der Waals surface area contributed by atoms with Crippen molar-refractivity contribution in [2.45, 2.75) is 58.7 Å². The minimum Gasteiger partial charge on any atom is -0.444 e. The summed E-state index contributed by atoms with van der Waals surface area (Å²) in [4.78, 5) is 31.7. The first-order valence-corrected chi connectivity index (χ1v) is 14.1. The van der Waals surface area contributed by atoms with Crippen molar-refractivity contribution in [3.05, 3.63) is 47.2 Å². The Morgan fingerprint density at radius 1 is 1.20 bits per heavy atom. The molecule has 41 heavy (non-hydrogen) atoms. The number of ether oxygens (including phenoxy) is 1. The second kappa shape index (κ2) is 11.1. The Kier molecular flexibility index (Phi) is 7.59. The highest BCUT2D eigenvalue weighted by atomic mass is 32.1. The Morgan fingerprint density at radius 3 is 2.73 bits per heavy atom. The van der Waals surface area contributed by atoms with E-state index in [-0.39, 0.29) is 23.0 Å². The first kappa shape index (κ1) is 28.0. The van der Waals surface area contributed by atoms with Crippen LogP contribution < -0.4 is 10.6 Å². The monoisotopic (exact) mass is 573 g/mol. The second-order valence-corrected chi connectivity index (χ2v) is 12.1. The number of nitriles is 1. The Balaban J connectivity index is 1.35. The number of carbonyl (C=O) groups is 2. The number of hydrogen-bond acceptors (Lipinski definition) is 10. The topological polar surface area (TPSA) is 150 Å². The number of likely N-dealkylation sites (tertiary alicyclic amines) is 1. The van der Waals surface area contributed by atoms with Gasteiger partial charge in [-0.1, -0.05) is 11.3 Å². The Morgan fingerprint density at radius 2 is 2.00 bits per heavy atom. The van der Waals surface area contributed by atoms with Gasteiger partial charge in [-0.2, -0.15) is 10.4 Å². The smallest absolute Gasteiger partial charge is 0.407 e. The third-order valence-electron chi connectivity index (χ3n) is 6.27. The van der Waals surface area contributed by atoms with Gasteiger partial charge in [0.05, 0.1) is 40.3 Å². The van der Waals surface area contributed by atoms with Crippen LogP contribution in [0.2, 0.25) is 0 Å². The normalized spacial score (nSPS) is 15.2. The number of alkyl carbamates (subject to hydrolysis) is 1. The van der Waals surface area contributed by atoms with Crippen molar-refractivity contribution >= 4 is 34.5 Å². The summed E-state index contributed by atoms with van der Waals surface area (Å²) in [6.07, 6.45) is 3.38. The highest BCUT2D eigenvalue weighted by Crippen LogP contribution is 2.34. The lowest BCUT2D eigenvalue weighted by Gasteiger charge is -2.21. The van der Waals surface area contributed by atoms with Crippen LogP contribution in [0, 0.1) is 11.3 Å². The number of nitrogens with zero attached hydrogens (tertiary/aromatic N) is 7. The molecule has 0 radical (unpaired) electrons. The number of amides is 2. The standard InChI is InChI=1S/C28H31N9O3S/c1-16(2)32-21-11-22(23-7-6-19-10-17(12-29)13-31-37(19)23)30-14-20(21)24-34-35-25(41-24)26(38)36-9-8-18(15-36)33-27(39)40-28(3,4)5/h6-7,10-11,13-14,16,18H,8-9,15H2,1-5H3,(H,30,32)(H,33,39). The summed E-state index contributed by atoms with van der Waals surface area (Å²) < 4.78 is 7.07. The van der Waals surface area contributed by atoms with E-state index in [2.05, 4.69) is 37.0 Å². The maximum Gasteiger partial charge on any atom is 0.407 e. The third-order valence-corrected chi connectivity index (χ3v) is 7.22. The maximum atomic E-state index is 13.2. The zero-order valence-electron chi connectivity index (χ0n) is 23.5. The zero-order valence-corrected chi connectivity index (χ0v) is 24.3. The predicted molar refractivity (Wildman–Crippen MR) is 154 cm³/mol. The van der Waals surface area contributed by atoms with Gasteiger partial charge in [-0.25, -0.2) is 9.31 Å². The van der Waals surface area contributed by atoms with E-state index >= 15 is 0 Å². The van der Waals surface area contributed by atoms with Gasteiger partial charge in [0.1, 0.15) is 11.7 Å². The van der Waals surface area contributed by atoms with E-state index in [1.807, 2.05) is 32.0 Å². The Labute approximate surface area is 241 Å². The first-order chi connectivity index (χ1) is 19.5. The molecular weight excluding hydrogens is 542 g/mol. The molecule has 212 valence electrons. The molecule has 0 saturated carbocycles. The number of nitrogens with one attached hydrogen (secondary N) is 2. The molecule has 1 fully saturated rings. The van der Waals surface area contributed by atoms with E-state index < -0.39 is 11.7 Å². The lowest BCUT2D eigenvalue weighted by atomic mass is 10.1. The molecule has 5 heterocycles. The molecule has 4 aromatic rings. The predicted octanol–water partition coefficient (Wildman–Crippen LogP) is 4.35. The van der Waals surface area contributed by atoms with Gasteiger partial charge in [-0.05, 0) is 65.3 Å². The molecule has 1 unspecified atom stereocenters. The lowest BCUT2D eigenvalue weighted by molar-refractivity contribution is 0.0502. The van der Waals surface area contributed by atoms with Crippen molar-refractivity contribution in [2.24, 2.45) is 0 Å². The lowest BCUT2D eigenvalue weighted by Crippen LogP contribution is -2.41. The van der Waals surface area contributed by atoms with Gasteiger partial charge in [0.2, 0.25) is 5.01 Å². The van der Waals surface area contributed by atoms with Crippen molar-refractivity contribution in [2.75, 3.05) is 18.4 Å². The van der Waals surface area contributed by atoms with E-state index in [0.29, 0.717) is 35.8 Å². The van der Waals surface area contributed by atoms with E-state index in [4.69, 9.17) is 4.74 Å². The highest BCUT2D eigenvalue weighted by Gasteiger charge is 2.31. The van der Waals surface area contributed by atoms with Crippen molar-refractivity contribution in [1.29, 1.82) is 5.26 Å². The molecule has 1 aliphatic rings. The molecule has 2 amide bonds. The number of pyridine rings is 1. The molecule has 1 atom stereocenters. The van der Waals surface area contributed by atoms with Gasteiger partial charge in [0, 0.05) is 31.0 Å². The van der Waals surface area contributed by atoms with Crippen molar-refractivity contribution in [3.8, 4) is 28.0 Å². The largest absolute Gasteiger partial charge is 0.444 e. The summed E-state index contributed by atoms with van der Waals surface area (Å²) in [7, 11) is 0. The number of rotatable bonds is 6. The second-order valence-electron chi connectivity index (χ2n) is 11.1. The maximum absolute atomic E-state index is 13.2. The van der Waals surface area contributed by atoms with Gasteiger partial charge in [0.25, 0.3) is 5.91 Å². The van der Waals surface area contributed by atoms with Crippen LogP contribution in [0.3, 0.4) is 0 Å². The van der Waals surface area contributed by atoms with Crippen molar-refractivity contribution < 1.29 is 14.3 Å². The molecule has 0 spiro atoms. The van der Waals surface area contributed by atoms with Gasteiger partial charge < -0.3 is 20.3 Å². The van der Waals surface area contributed by atoms with Crippen molar-refractivity contribution in [3.63, 3.8) is 0 Å². The summed E-state index contributed by atoms with van der Waals surface area (Å²) in [5.41, 5.74) is 3.68. The number of anilines is 1. The number of hydrogen-bond donors (Lipinski definition) is 2. The number of aromatic nitrogens is 5. The minimum absolute atomic E-state index is 0.123. The summed E-state index contributed by atoms with van der Waals surface area (Å²) in [5, 5.41) is 29.2. The molecule has 2 N–H and O–H groups in total. The van der Waals surface area contributed by atoms with Crippen LogP contribution in [0.4, 0.5) is 10.5 Å². The summed E-state index contributed by atoms with van der Waals surface area (Å²) in [5.74, 6) is -0.229. The van der Waals surface area contributed by atoms with Crippen LogP contribution in [0.1, 0.15) is 56.4 Å². The van der Waals surface area contributed by atoms with E-state index in [9.17, 15) is 14.9 Å². The molecule has 0 aliphatic carbocycles. The average molecular weight is 574 g/mol. The SMILES string of the molecule is CC(C)Nc1cc(-c2ccc3cc(C#N)cnn23)ncc1-c1nnc(C(=O)N2CCC(NC(=O)OC(C)(C)C)C2)s1. The fourth-order valence-corrected chi connectivity index (χ4v) is 5.38. The number of fused-ring (bicyclic) bond motifs is 1. The molecule has 13 heteroatoms. The van der Waals surface area contributed by atoms with Gasteiger partial charge in [-0.15, -0.1) is 10.2 Å². The van der Waals surface area contributed by atoms with Crippen LogP contribution in [0.15, 0.2) is 36.7 Å². The van der Waals surface area contributed by atoms with Crippen LogP contribution >= 0.6 is 11.3 Å². The minimum atomic E-state index is -0.591. The highest BCUT2D eigenvalue weighted by molar-refractivity contribution is 7.16. The molecule has 4 aromatic heterocycles. The fraction of sp³-hybridized carbons (Fsp3) is 0.393. The van der Waals surface area contributed by atoms with Crippen LogP contribution in [0.25, 0.3) is 27.5 Å². The van der Waals surface area contributed by atoms with Gasteiger partial charge >= 0.3 is 6.09 Å². The van der Waals surface area contributed by atoms with Crippen LogP contribution in [-0.2, 0) is 4.74 Å². The molecule has 5 rings (SSSR count). The average Bonchev–Trinajstić information content (AvgIpc) is 3.66. The van der Waals surface area contributed by atoms with Crippen molar-refractivity contribution in [1.82, 2.24) is 35.0 Å². The Hall–Kier alpha value is -4.57. The van der Waals surface area contributed by atoms with Crippen LogP contribution in [0.5, 0.6) is 0 Å². The molecule has 1 saturated heterocycles. The van der Waals surface area contributed by atoms with E-state index in [0.717, 1.165) is 22.5 Å².